The van der Waals surface area contributed by atoms with Crippen LogP contribution in [0.15, 0.2) is 16.5 Å². The molecule has 0 bridgehead atoms. The van der Waals surface area contributed by atoms with Gasteiger partial charge in [-0.25, -0.2) is 0 Å². The standard InChI is InChI=1S/C15H22O4/c1-11(2)14(17)19-15(8-4-3-5-9-15)13-7-6-12(10-16)18-13/h6-7,11,16H,3-5,8-10H2,1-2H3. The van der Waals surface area contributed by atoms with Gasteiger partial charge in [-0.15, -0.1) is 0 Å². The third kappa shape index (κ3) is 3.00. The fourth-order valence-corrected chi connectivity index (χ4v) is 2.54. The zero-order chi connectivity index (χ0) is 13.9. The van der Waals surface area contributed by atoms with Crippen LogP contribution >= 0.6 is 0 Å². The molecular weight excluding hydrogens is 244 g/mol. The van der Waals surface area contributed by atoms with Gasteiger partial charge < -0.3 is 14.3 Å². The van der Waals surface area contributed by atoms with Crippen LogP contribution in [0, 0.1) is 5.92 Å². The van der Waals surface area contributed by atoms with Gasteiger partial charge in [-0.05, 0) is 37.8 Å². The number of esters is 1. The number of hydrogen-bond donors (Lipinski definition) is 1. The van der Waals surface area contributed by atoms with Gasteiger partial charge in [0, 0.05) is 0 Å². The Morgan fingerprint density at radius 1 is 1.37 bits per heavy atom. The average molecular weight is 266 g/mol. The lowest BCUT2D eigenvalue weighted by atomic mass is 9.82. The Hall–Kier alpha value is -1.29. The molecule has 1 aromatic heterocycles. The Kier molecular flexibility index (Phi) is 4.30. The molecule has 0 aromatic carbocycles. The molecule has 2 rings (SSSR count). The van der Waals surface area contributed by atoms with Gasteiger partial charge >= 0.3 is 5.97 Å². The molecule has 1 heterocycles. The van der Waals surface area contributed by atoms with Gasteiger partial charge in [0.15, 0.2) is 5.60 Å². The highest BCUT2D eigenvalue weighted by molar-refractivity contribution is 5.72. The number of rotatable bonds is 4. The summed E-state index contributed by atoms with van der Waals surface area (Å²) in [5.74, 6) is 0.848. The zero-order valence-electron chi connectivity index (χ0n) is 11.6. The molecule has 4 nitrogen and oxygen atoms in total. The molecule has 19 heavy (non-hydrogen) atoms. The van der Waals surface area contributed by atoms with Crippen molar-refractivity contribution in [2.45, 2.75) is 58.2 Å². The highest BCUT2D eigenvalue weighted by Crippen LogP contribution is 2.41. The van der Waals surface area contributed by atoms with Crippen molar-refractivity contribution in [1.29, 1.82) is 0 Å². The predicted octanol–water partition coefficient (Wildman–Crippen LogP) is 3.13. The molecular formula is C15H22O4. The van der Waals surface area contributed by atoms with E-state index in [1.807, 2.05) is 19.9 Å². The highest BCUT2D eigenvalue weighted by Gasteiger charge is 2.41. The second-order valence-electron chi connectivity index (χ2n) is 5.55. The fourth-order valence-electron chi connectivity index (χ4n) is 2.54. The van der Waals surface area contributed by atoms with Crippen molar-refractivity contribution >= 4 is 5.97 Å². The van der Waals surface area contributed by atoms with Gasteiger partial charge in [0.05, 0.1) is 5.92 Å². The van der Waals surface area contributed by atoms with Gasteiger partial charge in [0.25, 0.3) is 0 Å². The molecule has 1 aliphatic rings. The molecule has 0 unspecified atom stereocenters. The number of aliphatic hydroxyl groups excluding tert-OH is 1. The summed E-state index contributed by atoms with van der Waals surface area (Å²) < 4.78 is 11.4. The fraction of sp³-hybridized carbons (Fsp3) is 0.667. The summed E-state index contributed by atoms with van der Waals surface area (Å²) >= 11 is 0. The van der Waals surface area contributed by atoms with E-state index in [4.69, 9.17) is 14.3 Å². The maximum atomic E-state index is 12.0. The van der Waals surface area contributed by atoms with Gasteiger partial charge in [-0.1, -0.05) is 20.3 Å². The van der Waals surface area contributed by atoms with Crippen LogP contribution in [0.3, 0.4) is 0 Å². The van der Waals surface area contributed by atoms with Crippen LogP contribution < -0.4 is 0 Å². The van der Waals surface area contributed by atoms with E-state index in [0.717, 1.165) is 32.1 Å². The summed E-state index contributed by atoms with van der Waals surface area (Å²) in [7, 11) is 0. The van der Waals surface area contributed by atoms with Crippen LogP contribution in [-0.2, 0) is 21.7 Å². The molecule has 0 radical (unpaired) electrons. The monoisotopic (exact) mass is 266 g/mol. The first-order chi connectivity index (χ1) is 9.07. The lowest BCUT2D eigenvalue weighted by Crippen LogP contribution is -2.35. The van der Waals surface area contributed by atoms with E-state index < -0.39 is 5.60 Å². The molecule has 0 aliphatic heterocycles. The van der Waals surface area contributed by atoms with Crippen molar-refractivity contribution in [3.63, 3.8) is 0 Å². The minimum atomic E-state index is -0.632. The Morgan fingerprint density at radius 3 is 2.58 bits per heavy atom. The zero-order valence-corrected chi connectivity index (χ0v) is 11.6. The summed E-state index contributed by atoms with van der Waals surface area (Å²) in [4.78, 5) is 12.0. The van der Waals surface area contributed by atoms with Crippen LogP contribution in [-0.4, -0.2) is 11.1 Å². The number of hydrogen-bond acceptors (Lipinski definition) is 4. The van der Waals surface area contributed by atoms with Crippen LogP contribution in [0.5, 0.6) is 0 Å². The number of ether oxygens (including phenoxy) is 1. The maximum Gasteiger partial charge on any atom is 0.309 e. The van der Waals surface area contributed by atoms with E-state index in [-0.39, 0.29) is 18.5 Å². The lowest BCUT2D eigenvalue weighted by molar-refractivity contribution is -0.171. The Bertz CT molecular complexity index is 427. The first kappa shape index (κ1) is 14.1. The molecule has 0 atom stereocenters. The molecule has 1 aromatic rings. The van der Waals surface area contributed by atoms with E-state index in [0.29, 0.717) is 11.5 Å². The summed E-state index contributed by atoms with van der Waals surface area (Å²) in [6.07, 6.45) is 4.81. The molecule has 1 aliphatic carbocycles. The molecule has 0 spiro atoms. The Labute approximate surface area is 113 Å². The minimum Gasteiger partial charge on any atom is -0.459 e. The third-order valence-corrected chi connectivity index (χ3v) is 3.70. The number of carbonyl (C=O) groups is 1. The first-order valence-corrected chi connectivity index (χ1v) is 7.00. The SMILES string of the molecule is CC(C)C(=O)OC1(c2ccc(CO)o2)CCCCC1. The molecule has 1 N–H and O–H groups in total. The number of aliphatic hydroxyl groups is 1. The second kappa shape index (κ2) is 5.78. The van der Waals surface area contributed by atoms with Crippen molar-refractivity contribution < 1.29 is 19.1 Å². The molecule has 1 saturated carbocycles. The summed E-state index contributed by atoms with van der Waals surface area (Å²) in [5, 5.41) is 9.10. The third-order valence-electron chi connectivity index (χ3n) is 3.70. The van der Waals surface area contributed by atoms with E-state index in [9.17, 15) is 4.79 Å². The Morgan fingerprint density at radius 2 is 2.05 bits per heavy atom. The topological polar surface area (TPSA) is 59.7 Å². The molecule has 106 valence electrons. The van der Waals surface area contributed by atoms with Crippen LogP contribution in [0.1, 0.15) is 57.5 Å². The summed E-state index contributed by atoms with van der Waals surface area (Å²) in [5.41, 5.74) is -0.632. The molecule has 4 heteroatoms. The van der Waals surface area contributed by atoms with Crippen LogP contribution in [0.4, 0.5) is 0 Å². The van der Waals surface area contributed by atoms with Crippen molar-refractivity contribution in [3.8, 4) is 0 Å². The minimum absolute atomic E-state index is 0.131. The van der Waals surface area contributed by atoms with Crippen molar-refractivity contribution in [1.82, 2.24) is 0 Å². The van der Waals surface area contributed by atoms with Gasteiger partial charge in [-0.2, -0.15) is 0 Å². The predicted molar refractivity (Wildman–Crippen MR) is 70.3 cm³/mol. The normalized spacial score (nSPS) is 18.5. The summed E-state index contributed by atoms with van der Waals surface area (Å²) in [6, 6.07) is 3.57. The second-order valence-corrected chi connectivity index (χ2v) is 5.55. The smallest absolute Gasteiger partial charge is 0.309 e. The van der Waals surface area contributed by atoms with Gasteiger partial charge in [-0.3, -0.25) is 4.79 Å². The van der Waals surface area contributed by atoms with E-state index in [1.165, 1.54) is 0 Å². The lowest BCUT2D eigenvalue weighted by Gasteiger charge is -2.35. The quantitative estimate of drug-likeness (QED) is 0.850. The molecule has 0 saturated heterocycles. The van der Waals surface area contributed by atoms with Gasteiger partial charge in [0.2, 0.25) is 0 Å². The summed E-state index contributed by atoms with van der Waals surface area (Å²) in [6.45, 7) is 3.54. The van der Waals surface area contributed by atoms with E-state index >= 15 is 0 Å². The number of carbonyl (C=O) groups excluding carboxylic acids is 1. The van der Waals surface area contributed by atoms with Crippen molar-refractivity contribution in [2.24, 2.45) is 5.92 Å². The average Bonchev–Trinajstić information content (AvgIpc) is 2.89. The first-order valence-electron chi connectivity index (χ1n) is 7.00. The van der Waals surface area contributed by atoms with Crippen molar-refractivity contribution in [3.05, 3.63) is 23.7 Å². The van der Waals surface area contributed by atoms with Gasteiger partial charge in [0.1, 0.15) is 18.1 Å². The largest absolute Gasteiger partial charge is 0.459 e. The highest BCUT2D eigenvalue weighted by atomic mass is 16.6. The van der Waals surface area contributed by atoms with Crippen LogP contribution in [0.2, 0.25) is 0 Å². The van der Waals surface area contributed by atoms with E-state index in [1.54, 1.807) is 6.07 Å². The Balaban J connectivity index is 2.25. The van der Waals surface area contributed by atoms with Crippen LogP contribution in [0.25, 0.3) is 0 Å². The molecule has 0 amide bonds. The molecule has 1 fully saturated rings. The number of furan rings is 1. The maximum absolute atomic E-state index is 12.0. The van der Waals surface area contributed by atoms with E-state index in [2.05, 4.69) is 0 Å². The van der Waals surface area contributed by atoms with Crippen molar-refractivity contribution in [2.75, 3.05) is 0 Å².